The fourth-order valence-corrected chi connectivity index (χ4v) is 1.67. The van der Waals surface area contributed by atoms with Crippen molar-refractivity contribution in [3.05, 3.63) is 33.8 Å². The summed E-state index contributed by atoms with van der Waals surface area (Å²) in [6.45, 7) is 5.93. The van der Waals surface area contributed by atoms with E-state index < -0.39 is 0 Å². The Morgan fingerprint density at radius 1 is 1.47 bits per heavy atom. The molecule has 0 aliphatic heterocycles. The van der Waals surface area contributed by atoms with E-state index in [2.05, 4.69) is 15.9 Å². The molecule has 3 heteroatoms. The average Bonchev–Trinajstić information content (AvgIpc) is 2.18. The maximum absolute atomic E-state index is 11.8. The summed E-state index contributed by atoms with van der Waals surface area (Å²) >= 11 is 3.41. The second-order valence-corrected chi connectivity index (χ2v) is 4.51. The van der Waals surface area contributed by atoms with Crippen molar-refractivity contribution >= 4 is 21.7 Å². The van der Waals surface area contributed by atoms with Gasteiger partial charge in [-0.2, -0.15) is 0 Å². The predicted octanol–water partition coefficient (Wildman–Crippen LogP) is 3.37. The van der Waals surface area contributed by atoms with Crippen molar-refractivity contribution in [2.45, 2.75) is 26.9 Å². The third-order valence-electron chi connectivity index (χ3n) is 2.04. The number of benzene rings is 1. The Morgan fingerprint density at radius 2 is 2.13 bits per heavy atom. The molecule has 1 aromatic rings. The highest BCUT2D eigenvalue weighted by Crippen LogP contribution is 2.21. The predicted molar refractivity (Wildman–Crippen MR) is 64.3 cm³/mol. The quantitative estimate of drug-likeness (QED) is 0.785. The minimum absolute atomic E-state index is 0.0132. The number of rotatable bonds is 4. The molecule has 0 saturated heterocycles. The molecule has 0 aliphatic carbocycles. The smallest absolute Gasteiger partial charge is 0.189 e. The van der Waals surface area contributed by atoms with Crippen LogP contribution in [-0.4, -0.2) is 18.5 Å². The first-order valence-corrected chi connectivity index (χ1v) is 5.71. The normalized spacial score (nSPS) is 10.7. The van der Waals surface area contributed by atoms with Crippen LogP contribution in [0, 0.1) is 6.92 Å². The van der Waals surface area contributed by atoms with Gasteiger partial charge in [-0.1, -0.05) is 18.2 Å². The van der Waals surface area contributed by atoms with Gasteiger partial charge in [0.25, 0.3) is 0 Å². The summed E-state index contributed by atoms with van der Waals surface area (Å²) in [6.07, 6.45) is 0.0811. The Balaban J connectivity index is 2.78. The summed E-state index contributed by atoms with van der Waals surface area (Å²) in [5.41, 5.74) is 1.75. The zero-order valence-electron chi connectivity index (χ0n) is 9.21. The number of halogens is 1. The molecule has 0 unspecified atom stereocenters. The van der Waals surface area contributed by atoms with Gasteiger partial charge in [0.2, 0.25) is 0 Å². The minimum Gasteiger partial charge on any atom is -0.371 e. The zero-order chi connectivity index (χ0) is 11.4. The first kappa shape index (κ1) is 12.4. The zero-order valence-corrected chi connectivity index (χ0v) is 10.8. The summed E-state index contributed by atoms with van der Waals surface area (Å²) in [5.74, 6) is 0.0132. The summed E-state index contributed by atoms with van der Waals surface area (Å²) in [4.78, 5) is 11.8. The highest BCUT2D eigenvalue weighted by Gasteiger charge is 2.11. The second kappa shape index (κ2) is 5.42. The van der Waals surface area contributed by atoms with Gasteiger partial charge in [0.05, 0.1) is 6.10 Å². The molecule has 15 heavy (non-hydrogen) atoms. The van der Waals surface area contributed by atoms with Gasteiger partial charge in [-0.3, -0.25) is 4.79 Å². The molecule has 0 amide bonds. The molecule has 0 atom stereocenters. The largest absolute Gasteiger partial charge is 0.371 e. The maximum atomic E-state index is 11.8. The van der Waals surface area contributed by atoms with E-state index in [1.807, 2.05) is 39.0 Å². The van der Waals surface area contributed by atoms with Gasteiger partial charge in [0.1, 0.15) is 6.61 Å². The maximum Gasteiger partial charge on any atom is 0.189 e. The Kier molecular flexibility index (Phi) is 4.48. The highest BCUT2D eigenvalue weighted by atomic mass is 79.9. The first-order chi connectivity index (χ1) is 7.02. The van der Waals surface area contributed by atoms with Crippen LogP contribution in [0.3, 0.4) is 0 Å². The van der Waals surface area contributed by atoms with Gasteiger partial charge >= 0.3 is 0 Å². The molecular formula is C12H15BrO2. The molecule has 0 bridgehead atoms. The second-order valence-electron chi connectivity index (χ2n) is 3.72. The van der Waals surface area contributed by atoms with Crippen molar-refractivity contribution in [2.24, 2.45) is 0 Å². The van der Waals surface area contributed by atoms with Gasteiger partial charge in [-0.15, -0.1) is 0 Å². The third-order valence-corrected chi connectivity index (χ3v) is 3.09. The Morgan fingerprint density at radius 3 is 2.73 bits per heavy atom. The number of carbonyl (C=O) groups excluding carboxylic acids is 1. The molecule has 1 aromatic carbocycles. The monoisotopic (exact) mass is 270 g/mol. The molecule has 82 valence electrons. The highest BCUT2D eigenvalue weighted by molar-refractivity contribution is 9.10. The number of hydrogen-bond acceptors (Lipinski definition) is 2. The van der Waals surface area contributed by atoms with E-state index in [0.29, 0.717) is 5.56 Å². The van der Waals surface area contributed by atoms with Crippen LogP contribution in [0.4, 0.5) is 0 Å². The molecule has 0 N–H and O–H groups in total. The summed E-state index contributed by atoms with van der Waals surface area (Å²) in [5, 5.41) is 0. The number of ketones is 1. The number of Topliss-reactive ketones (excluding diaryl/α,β-unsaturated/α-hetero) is 1. The molecule has 0 heterocycles. The molecule has 0 saturated carbocycles. The fraction of sp³-hybridized carbons (Fsp3) is 0.417. The number of aryl methyl sites for hydroxylation is 1. The van der Waals surface area contributed by atoms with E-state index in [4.69, 9.17) is 4.74 Å². The average molecular weight is 271 g/mol. The van der Waals surface area contributed by atoms with E-state index >= 15 is 0 Å². The summed E-state index contributed by atoms with van der Waals surface area (Å²) < 4.78 is 6.15. The van der Waals surface area contributed by atoms with E-state index in [1.165, 1.54) is 0 Å². The number of ether oxygens (including phenoxy) is 1. The van der Waals surface area contributed by atoms with Crippen molar-refractivity contribution < 1.29 is 9.53 Å². The Hall–Kier alpha value is -0.670. The van der Waals surface area contributed by atoms with E-state index in [-0.39, 0.29) is 18.5 Å². The lowest BCUT2D eigenvalue weighted by Gasteiger charge is -2.08. The SMILES string of the molecule is Cc1cccc(C(=O)COC(C)C)c1Br. The van der Waals surface area contributed by atoms with Crippen LogP contribution < -0.4 is 0 Å². The van der Waals surface area contributed by atoms with Crippen molar-refractivity contribution in [2.75, 3.05) is 6.61 Å². The summed E-state index contributed by atoms with van der Waals surface area (Å²) in [7, 11) is 0. The Labute approximate surface area is 98.8 Å². The lowest BCUT2D eigenvalue weighted by atomic mass is 10.1. The van der Waals surface area contributed by atoms with Crippen molar-refractivity contribution in [3.8, 4) is 0 Å². The molecule has 2 nitrogen and oxygen atoms in total. The topological polar surface area (TPSA) is 26.3 Å². The van der Waals surface area contributed by atoms with Crippen LogP contribution in [-0.2, 0) is 4.74 Å². The lowest BCUT2D eigenvalue weighted by molar-refractivity contribution is 0.0584. The van der Waals surface area contributed by atoms with Gasteiger partial charge in [0, 0.05) is 10.0 Å². The third kappa shape index (κ3) is 3.43. The van der Waals surface area contributed by atoms with Crippen LogP contribution in [0.25, 0.3) is 0 Å². The van der Waals surface area contributed by atoms with Gasteiger partial charge in [-0.25, -0.2) is 0 Å². The van der Waals surface area contributed by atoms with Crippen molar-refractivity contribution in [1.82, 2.24) is 0 Å². The molecule has 0 radical (unpaired) electrons. The molecule has 0 aliphatic rings. The first-order valence-electron chi connectivity index (χ1n) is 4.92. The number of hydrogen-bond donors (Lipinski definition) is 0. The molecule has 0 spiro atoms. The van der Waals surface area contributed by atoms with Gasteiger partial charge in [-0.05, 0) is 42.3 Å². The van der Waals surface area contributed by atoms with E-state index in [0.717, 1.165) is 10.0 Å². The standard InChI is InChI=1S/C12H15BrO2/c1-8(2)15-7-11(14)10-6-4-5-9(3)12(10)13/h4-6,8H,7H2,1-3H3. The minimum atomic E-state index is 0.0132. The lowest BCUT2D eigenvalue weighted by Crippen LogP contribution is -2.14. The van der Waals surface area contributed by atoms with Crippen LogP contribution in [0.5, 0.6) is 0 Å². The van der Waals surface area contributed by atoms with Gasteiger partial charge in [0.15, 0.2) is 5.78 Å². The van der Waals surface area contributed by atoms with Crippen LogP contribution in [0.2, 0.25) is 0 Å². The van der Waals surface area contributed by atoms with Crippen LogP contribution in [0.1, 0.15) is 29.8 Å². The van der Waals surface area contributed by atoms with Crippen LogP contribution in [0.15, 0.2) is 22.7 Å². The van der Waals surface area contributed by atoms with Crippen LogP contribution >= 0.6 is 15.9 Å². The fourth-order valence-electron chi connectivity index (χ4n) is 1.18. The summed E-state index contributed by atoms with van der Waals surface area (Å²) in [6, 6.07) is 5.65. The van der Waals surface area contributed by atoms with Gasteiger partial charge < -0.3 is 4.74 Å². The molecule has 1 rings (SSSR count). The molecule has 0 fully saturated rings. The molecular weight excluding hydrogens is 256 g/mol. The van der Waals surface area contributed by atoms with Crippen molar-refractivity contribution in [3.63, 3.8) is 0 Å². The van der Waals surface area contributed by atoms with E-state index in [9.17, 15) is 4.79 Å². The van der Waals surface area contributed by atoms with E-state index in [1.54, 1.807) is 0 Å². The Bertz CT molecular complexity index is 359. The van der Waals surface area contributed by atoms with Crippen molar-refractivity contribution in [1.29, 1.82) is 0 Å². The number of carbonyl (C=O) groups is 1. The molecule has 0 aromatic heterocycles.